The lowest BCUT2D eigenvalue weighted by Crippen LogP contribution is -2.44. The Balaban J connectivity index is 1.79. The molecule has 44 heavy (non-hydrogen) atoms. The number of rotatable bonds is 10. The van der Waals surface area contributed by atoms with Gasteiger partial charge >= 0.3 is 0 Å². The monoisotopic (exact) mass is 634 g/mol. The summed E-state index contributed by atoms with van der Waals surface area (Å²) in [5.74, 6) is 2.08. The standard InChI is InChI=1S/C33H35ClN4O5S/c1-6-20(2)35-28(39)18-37-29(40)19-44-32(22-9-16-26(42-4)27(17-22)43-5)30-31(21-7-10-23(34)11-8-21)36-38(33(30)37)24-12-14-25(41-3)15-13-24/h7-17,20,32H,6,18-19H2,1-5H3,(H,35,39). The number of hydrogen-bond acceptors (Lipinski definition) is 7. The predicted molar refractivity (Wildman–Crippen MR) is 175 cm³/mol. The number of nitrogens with zero attached hydrogens (tertiary/aromatic N) is 3. The number of carbonyl (C=O) groups excluding carboxylic acids is 2. The van der Waals surface area contributed by atoms with E-state index in [2.05, 4.69) is 5.32 Å². The third-order valence-corrected chi connectivity index (χ3v) is 9.06. The van der Waals surface area contributed by atoms with E-state index < -0.39 is 0 Å². The van der Waals surface area contributed by atoms with E-state index in [9.17, 15) is 9.59 Å². The van der Waals surface area contributed by atoms with Crippen LogP contribution < -0.4 is 24.4 Å². The molecule has 1 aromatic heterocycles. The van der Waals surface area contributed by atoms with E-state index in [1.54, 1.807) is 30.9 Å². The molecule has 0 bridgehead atoms. The SMILES string of the molecule is CCC(C)NC(=O)CN1C(=O)CSC(c2ccc(OC)c(OC)c2)c2c(-c3ccc(Cl)cc3)nn(-c3ccc(OC)cc3)c21. The second kappa shape index (κ2) is 13.7. The van der Waals surface area contributed by atoms with Crippen LogP contribution in [-0.2, 0) is 9.59 Å². The molecule has 5 rings (SSSR count). The Kier molecular flexibility index (Phi) is 9.71. The van der Waals surface area contributed by atoms with E-state index >= 15 is 0 Å². The number of halogens is 1. The maximum absolute atomic E-state index is 13.9. The van der Waals surface area contributed by atoms with E-state index in [1.807, 2.05) is 80.6 Å². The van der Waals surface area contributed by atoms with E-state index in [-0.39, 0.29) is 35.4 Å². The van der Waals surface area contributed by atoms with Crippen molar-refractivity contribution in [3.63, 3.8) is 0 Å². The van der Waals surface area contributed by atoms with Crippen LogP contribution in [0.15, 0.2) is 66.7 Å². The summed E-state index contributed by atoms with van der Waals surface area (Å²) in [6.07, 6.45) is 0.770. The fraction of sp³-hybridized carbons (Fsp3) is 0.303. The number of nitrogens with one attached hydrogen (secondary N) is 1. The summed E-state index contributed by atoms with van der Waals surface area (Å²) in [4.78, 5) is 28.8. The highest BCUT2D eigenvalue weighted by Gasteiger charge is 2.38. The van der Waals surface area contributed by atoms with Crippen LogP contribution in [0.3, 0.4) is 0 Å². The molecule has 1 aliphatic rings. The molecule has 1 N–H and O–H groups in total. The summed E-state index contributed by atoms with van der Waals surface area (Å²) in [6.45, 7) is 3.79. The quantitative estimate of drug-likeness (QED) is 0.219. The predicted octanol–water partition coefficient (Wildman–Crippen LogP) is 6.30. The Morgan fingerprint density at radius 3 is 2.36 bits per heavy atom. The van der Waals surface area contributed by atoms with Crippen molar-refractivity contribution in [3.05, 3.63) is 82.9 Å². The molecule has 11 heteroatoms. The van der Waals surface area contributed by atoms with E-state index in [1.165, 1.54) is 11.8 Å². The molecule has 2 heterocycles. The lowest BCUT2D eigenvalue weighted by atomic mass is 9.99. The zero-order chi connectivity index (χ0) is 31.4. The number of hydrogen-bond donors (Lipinski definition) is 1. The number of anilines is 1. The lowest BCUT2D eigenvalue weighted by molar-refractivity contribution is -0.123. The fourth-order valence-electron chi connectivity index (χ4n) is 5.09. The van der Waals surface area contributed by atoms with Gasteiger partial charge in [-0.2, -0.15) is 5.10 Å². The summed E-state index contributed by atoms with van der Waals surface area (Å²) in [6, 6.07) is 20.6. The number of ether oxygens (including phenoxy) is 3. The number of benzene rings is 3. The Hall–Kier alpha value is -4.15. The molecule has 0 spiro atoms. The van der Waals surface area contributed by atoms with Crippen LogP contribution >= 0.6 is 23.4 Å². The van der Waals surface area contributed by atoms with Crippen molar-refractivity contribution in [2.45, 2.75) is 31.6 Å². The first-order valence-electron chi connectivity index (χ1n) is 14.2. The molecule has 0 saturated heterocycles. The number of aromatic nitrogens is 2. The van der Waals surface area contributed by atoms with E-state index in [0.717, 1.165) is 23.1 Å². The number of carbonyl (C=O) groups is 2. The number of amides is 2. The molecule has 0 radical (unpaired) electrons. The van der Waals surface area contributed by atoms with Crippen molar-refractivity contribution in [3.8, 4) is 34.2 Å². The molecule has 4 aromatic rings. The molecular formula is C33H35ClN4O5S. The van der Waals surface area contributed by atoms with Crippen LogP contribution in [0.2, 0.25) is 5.02 Å². The van der Waals surface area contributed by atoms with Crippen molar-refractivity contribution in [2.75, 3.05) is 38.5 Å². The van der Waals surface area contributed by atoms with Gasteiger partial charge in [-0.15, -0.1) is 11.8 Å². The molecule has 3 aromatic carbocycles. The maximum atomic E-state index is 13.9. The first-order chi connectivity index (χ1) is 21.3. The Morgan fingerprint density at radius 2 is 1.73 bits per heavy atom. The summed E-state index contributed by atoms with van der Waals surface area (Å²) in [5.41, 5.74) is 3.89. The van der Waals surface area contributed by atoms with Gasteiger partial charge in [0, 0.05) is 22.2 Å². The van der Waals surface area contributed by atoms with Gasteiger partial charge < -0.3 is 19.5 Å². The fourth-order valence-corrected chi connectivity index (χ4v) is 6.40. The van der Waals surface area contributed by atoms with Gasteiger partial charge in [0.05, 0.1) is 43.7 Å². The summed E-state index contributed by atoms with van der Waals surface area (Å²) in [7, 11) is 4.79. The molecular weight excluding hydrogens is 600 g/mol. The molecule has 2 atom stereocenters. The van der Waals surface area contributed by atoms with Gasteiger partial charge in [0.2, 0.25) is 11.8 Å². The van der Waals surface area contributed by atoms with Gasteiger partial charge in [-0.25, -0.2) is 4.68 Å². The molecule has 0 fully saturated rings. The van der Waals surface area contributed by atoms with Crippen molar-refractivity contribution < 1.29 is 23.8 Å². The van der Waals surface area contributed by atoms with Crippen LogP contribution in [0, 0.1) is 0 Å². The van der Waals surface area contributed by atoms with Gasteiger partial charge in [-0.1, -0.05) is 36.7 Å². The van der Waals surface area contributed by atoms with Crippen LogP contribution in [0.1, 0.15) is 36.6 Å². The zero-order valence-corrected chi connectivity index (χ0v) is 26.9. The molecule has 230 valence electrons. The van der Waals surface area contributed by atoms with E-state index in [4.69, 9.17) is 30.9 Å². The second-order valence-electron chi connectivity index (χ2n) is 10.4. The molecule has 2 unspecified atom stereocenters. The highest BCUT2D eigenvalue weighted by Crippen LogP contribution is 2.49. The summed E-state index contributed by atoms with van der Waals surface area (Å²) >= 11 is 7.75. The van der Waals surface area contributed by atoms with Crippen molar-refractivity contribution in [2.24, 2.45) is 0 Å². The van der Waals surface area contributed by atoms with E-state index in [0.29, 0.717) is 39.5 Å². The average Bonchev–Trinajstić information content (AvgIpc) is 3.37. The van der Waals surface area contributed by atoms with Crippen LogP contribution in [0.5, 0.6) is 17.2 Å². The third-order valence-electron chi connectivity index (χ3n) is 7.56. The van der Waals surface area contributed by atoms with Crippen LogP contribution in [0.25, 0.3) is 16.9 Å². The van der Waals surface area contributed by atoms with Crippen LogP contribution in [-0.4, -0.2) is 61.3 Å². The minimum atomic E-state index is -0.339. The molecule has 0 saturated carbocycles. The lowest BCUT2D eigenvalue weighted by Gasteiger charge is -2.24. The average molecular weight is 635 g/mol. The highest BCUT2D eigenvalue weighted by atomic mass is 35.5. The maximum Gasteiger partial charge on any atom is 0.240 e. The number of fused-ring (bicyclic) bond motifs is 1. The molecule has 2 amide bonds. The zero-order valence-electron chi connectivity index (χ0n) is 25.3. The molecule has 1 aliphatic heterocycles. The first-order valence-corrected chi connectivity index (χ1v) is 15.7. The van der Waals surface area contributed by atoms with Gasteiger partial charge in [0.1, 0.15) is 18.1 Å². The number of thioether (sulfide) groups is 1. The Morgan fingerprint density at radius 1 is 1.02 bits per heavy atom. The topological polar surface area (TPSA) is 94.9 Å². The smallest absolute Gasteiger partial charge is 0.240 e. The summed E-state index contributed by atoms with van der Waals surface area (Å²) < 4.78 is 18.3. The summed E-state index contributed by atoms with van der Waals surface area (Å²) in [5, 5.41) is 8.38. The van der Waals surface area contributed by atoms with Crippen molar-refractivity contribution in [1.29, 1.82) is 0 Å². The highest BCUT2D eigenvalue weighted by molar-refractivity contribution is 8.00. The largest absolute Gasteiger partial charge is 0.497 e. The molecule has 9 nitrogen and oxygen atoms in total. The third kappa shape index (κ3) is 6.37. The second-order valence-corrected chi connectivity index (χ2v) is 11.9. The minimum Gasteiger partial charge on any atom is -0.497 e. The normalized spacial score (nSPS) is 15.3. The van der Waals surface area contributed by atoms with Gasteiger partial charge in [0.25, 0.3) is 0 Å². The first kappa shape index (κ1) is 31.3. The van der Waals surface area contributed by atoms with Gasteiger partial charge in [-0.3, -0.25) is 14.5 Å². The van der Waals surface area contributed by atoms with Gasteiger partial charge in [0.15, 0.2) is 11.5 Å². The van der Waals surface area contributed by atoms with Crippen molar-refractivity contribution in [1.82, 2.24) is 15.1 Å². The van der Waals surface area contributed by atoms with Crippen molar-refractivity contribution >= 4 is 41.0 Å². The Bertz CT molecular complexity index is 1640. The number of methoxy groups -OCH3 is 3. The Labute approximate surface area is 266 Å². The van der Waals surface area contributed by atoms with Crippen LogP contribution in [0.4, 0.5) is 5.82 Å². The van der Waals surface area contributed by atoms with Gasteiger partial charge in [-0.05, 0) is 67.4 Å². The molecule has 0 aliphatic carbocycles. The minimum absolute atomic E-state index is 0.0333.